The third-order valence-corrected chi connectivity index (χ3v) is 5.05. The van der Waals surface area contributed by atoms with Crippen molar-refractivity contribution in [3.63, 3.8) is 0 Å². The Morgan fingerprint density at radius 2 is 2.05 bits per heavy atom. The van der Waals surface area contributed by atoms with Crippen molar-refractivity contribution in [3.05, 3.63) is 39.0 Å². The molecule has 1 aromatic carbocycles. The Morgan fingerprint density at radius 3 is 2.65 bits per heavy atom. The number of hydrogen-bond donors (Lipinski definition) is 1. The molecule has 3 heteroatoms. The molecule has 2 rings (SSSR count). The van der Waals surface area contributed by atoms with E-state index in [4.69, 9.17) is 0 Å². The van der Waals surface area contributed by atoms with Crippen LogP contribution in [0.15, 0.2) is 29.8 Å². The summed E-state index contributed by atoms with van der Waals surface area (Å²) in [5, 5.41) is 3.69. The molecule has 0 atom stereocenters. The number of benzene rings is 1. The summed E-state index contributed by atoms with van der Waals surface area (Å²) >= 11 is 2.41. The van der Waals surface area contributed by atoms with E-state index in [1.165, 1.54) is 46.3 Å². The Hall–Kier alpha value is -0.550. The number of likely N-dealkylation sites (tertiary alicyclic amines) is 1. The van der Waals surface area contributed by atoms with Crippen molar-refractivity contribution in [2.45, 2.75) is 39.7 Å². The lowest BCUT2D eigenvalue weighted by molar-refractivity contribution is 0.240. The SMILES string of the molecule is CC(C)=CCN1CCC(Nc2ccc(C)c(I)c2)CC1. The molecule has 1 aliphatic rings. The number of hydrogen-bond acceptors (Lipinski definition) is 2. The third kappa shape index (κ3) is 4.77. The van der Waals surface area contributed by atoms with Gasteiger partial charge in [0.15, 0.2) is 0 Å². The maximum absolute atomic E-state index is 3.69. The molecule has 0 bridgehead atoms. The first kappa shape index (κ1) is 15.8. The van der Waals surface area contributed by atoms with Crippen molar-refractivity contribution in [1.29, 1.82) is 0 Å². The second kappa shape index (κ2) is 7.46. The zero-order chi connectivity index (χ0) is 14.5. The summed E-state index contributed by atoms with van der Waals surface area (Å²) in [6.45, 7) is 10.0. The highest BCUT2D eigenvalue weighted by Crippen LogP contribution is 2.20. The molecule has 110 valence electrons. The van der Waals surface area contributed by atoms with Gasteiger partial charge in [-0.1, -0.05) is 17.7 Å². The molecule has 0 aliphatic carbocycles. The minimum Gasteiger partial charge on any atom is -0.382 e. The van der Waals surface area contributed by atoms with Crippen molar-refractivity contribution in [1.82, 2.24) is 4.90 Å². The van der Waals surface area contributed by atoms with Crippen molar-refractivity contribution in [2.24, 2.45) is 0 Å². The maximum Gasteiger partial charge on any atom is 0.0353 e. The number of piperidine rings is 1. The van der Waals surface area contributed by atoms with E-state index < -0.39 is 0 Å². The molecule has 1 fully saturated rings. The van der Waals surface area contributed by atoms with Crippen molar-refractivity contribution >= 4 is 28.3 Å². The molecule has 0 aromatic heterocycles. The molecule has 1 N–H and O–H groups in total. The van der Waals surface area contributed by atoms with E-state index in [-0.39, 0.29) is 0 Å². The zero-order valence-electron chi connectivity index (χ0n) is 12.7. The van der Waals surface area contributed by atoms with Gasteiger partial charge in [0, 0.05) is 34.9 Å². The van der Waals surface area contributed by atoms with Gasteiger partial charge >= 0.3 is 0 Å². The third-order valence-electron chi connectivity index (χ3n) is 3.89. The Bertz CT molecular complexity index is 470. The van der Waals surface area contributed by atoms with Gasteiger partial charge in [-0.05, 0) is 73.9 Å². The number of nitrogens with one attached hydrogen (secondary N) is 1. The van der Waals surface area contributed by atoms with Crippen LogP contribution in [-0.2, 0) is 0 Å². The lowest BCUT2D eigenvalue weighted by atomic mass is 10.0. The van der Waals surface area contributed by atoms with Crippen molar-refractivity contribution in [2.75, 3.05) is 25.0 Å². The molecule has 1 aromatic rings. The first-order valence-corrected chi connectivity index (χ1v) is 8.51. The predicted octanol–water partition coefficient (Wildman–Crippen LogP) is 4.44. The van der Waals surface area contributed by atoms with E-state index in [2.05, 4.69) is 77.9 Å². The van der Waals surface area contributed by atoms with Gasteiger partial charge in [0.2, 0.25) is 0 Å². The van der Waals surface area contributed by atoms with Gasteiger partial charge in [-0.25, -0.2) is 0 Å². The largest absolute Gasteiger partial charge is 0.382 e. The Morgan fingerprint density at radius 1 is 1.35 bits per heavy atom. The second-order valence-electron chi connectivity index (χ2n) is 5.96. The van der Waals surface area contributed by atoms with Gasteiger partial charge in [0.1, 0.15) is 0 Å². The minimum atomic E-state index is 0.622. The average Bonchev–Trinajstić information content (AvgIpc) is 2.42. The van der Waals surface area contributed by atoms with Crippen LogP contribution in [0, 0.1) is 10.5 Å². The summed E-state index contributed by atoms with van der Waals surface area (Å²) in [6, 6.07) is 7.28. The Labute approximate surface area is 136 Å². The highest BCUT2D eigenvalue weighted by molar-refractivity contribution is 14.1. The van der Waals surface area contributed by atoms with Gasteiger partial charge in [-0.3, -0.25) is 4.90 Å². The molecular formula is C17H25IN2. The molecule has 2 nitrogen and oxygen atoms in total. The van der Waals surface area contributed by atoms with Crippen LogP contribution in [-0.4, -0.2) is 30.6 Å². The summed E-state index contributed by atoms with van der Waals surface area (Å²) in [5.74, 6) is 0. The number of aryl methyl sites for hydroxylation is 1. The molecule has 0 amide bonds. The Balaban J connectivity index is 1.82. The van der Waals surface area contributed by atoms with Crippen LogP contribution in [0.5, 0.6) is 0 Å². The number of rotatable bonds is 4. The van der Waals surface area contributed by atoms with Gasteiger partial charge < -0.3 is 5.32 Å². The molecule has 0 radical (unpaired) electrons. The van der Waals surface area contributed by atoms with Gasteiger partial charge in [0.25, 0.3) is 0 Å². The summed E-state index contributed by atoms with van der Waals surface area (Å²) in [4.78, 5) is 2.55. The van der Waals surface area contributed by atoms with Crippen LogP contribution in [0.3, 0.4) is 0 Å². The lowest BCUT2D eigenvalue weighted by Gasteiger charge is -2.32. The highest BCUT2D eigenvalue weighted by Gasteiger charge is 2.18. The summed E-state index contributed by atoms with van der Waals surface area (Å²) < 4.78 is 1.34. The fourth-order valence-electron chi connectivity index (χ4n) is 2.49. The minimum absolute atomic E-state index is 0.622. The van der Waals surface area contributed by atoms with E-state index >= 15 is 0 Å². The first-order valence-electron chi connectivity index (χ1n) is 7.43. The topological polar surface area (TPSA) is 15.3 Å². The van der Waals surface area contributed by atoms with Crippen molar-refractivity contribution in [3.8, 4) is 0 Å². The van der Waals surface area contributed by atoms with Crippen LogP contribution < -0.4 is 5.32 Å². The molecule has 1 heterocycles. The quantitative estimate of drug-likeness (QED) is 0.610. The molecule has 1 saturated heterocycles. The summed E-state index contributed by atoms with van der Waals surface area (Å²) in [7, 11) is 0. The molecule has 1 aliphatic heterocycles. The molecule has 0 unspecified atom stereocenters. The van der Waals surface area contributed by atoms with Gasteiger partial charge in [-0.15, -0.1) is 0 Å². The Kier molecular flexibility index (Phi) is 5.90. The predicted molar refractivity (Wildman–Crippen MR) is 96.4 cm³/mol. The summed E-state index contributed by atoms with van der Waals surface area (Å²) in [6.07, 6.45) is 4.80. The van der Waals surface area contributed by atoms with Crippen LogP contribution in [0.4, 0.5) is 5.69 Å². The number of nitrogens with zero attached hydrogens (tertiary/aromatic N) is 1. The molecule has 0 saturated carbocycles. The lowest BCUT2D eigenvalue weighted by Crippen LogP contribution is -2.39. The fourth-order valence-corrected chi connectivity index (χ4v) is 3.01. The second-order valence-corrected chi connectivity index (χ2v) is 7.13. The average molecular weight is 384 g/mol. The van der Waals surface area contributed by atoms with E-state index in [0.29, 0.717) is 6.04 Å². The maximum atomic E-state index is 3.69. The van der Waals surface area contributed by atoms with Gasteiger partial charge in [0.05, 0.1) is 0 Å². The van der Waals surface area contributed by atoms with E-state index in [9.17, 15) is 0 Å². The number of anilines is 1. The molecule has 0 spiro atoms. The number of halogens is 1. The van der Waals surface area contributed by atoms with E-state index in [1.54, 1.807) is 0 Å². The van der Waals surface area contributed by atoms with Crippen molar-refractivity contribution < 1.29 is 0 Å². The summed E-state index contributed by atoms with van der Waals surface area (Å²) in [5.41, 5.74) is 4.04. The smallest absolute Gasteiger partial charge is 0.0353 e. The standard InChI is InChI=1S/C17H25IN2/c1-13(2)6-9-20-10-7-15(8-11-20)19-16-5-4-14(3)17(18)12-16/h4-6,12,15,19H,7-11H2,1-3H3. The van der Waals surface area contributed by atoms with Gasteiger partial charge in [-0.2, -0.15) is 0 Å². The van der Waals surface area contributed by atoms with Crippen LogP contribution in [0.1, 0.15) is 32.3 Å². The van der Waals surface area contributed by atoms with E-state index in [0.717, 1.165) is 6.54 Å². The normalized spacial score (nSPS) is 17.0. The zero-order valence-corrected chi connectivity index (χ0v) is 14.9. The van der Waals surface area contributed by atoms with Crippen LogP contribution in [0.25, 0.3) is 0 Å². The monoisotopic (exact) mass is 384 g/mol. The van der Waals surface area contributed by atoms with E-state index in [1.807, 2.05) is 0 Å². The highest BCUT2D eigenvalue weighted by atomic mass is 127. The fraction of sp³-hybridized carbons (Fsp3) is 0.529. The van der Waals surface area contributed by atoms with Crippen LogP contribution in [0.2, 0.25) is 0 Å². The molecule has 20 heavy (non-hydrogen) atoms. The van der Waals surface area contributed by atoms with Crippen LogP contribution >= 0.6 is 22.6 Å². The molecular weight excluding hydrogens is 359 g/mol. The number of allylic oxidation sites excluding steroid dienone is 1. The first-order chi connectivity index (χ1) is 9.54.